The molecule has 1 aromatic carbocycles. The second-order valence-corrected chi connectivity index (χ2v) is 6.61. The summed E-state index contributed by atoms with van der Waals surface area (Å²) in [6.45, 7) is 1.43. The van der Waals surface area contributed by atoms with Gasteiger partial charge in [-0.15, -0.1) is 0 Å². The lowest BCUT2D eigenvalue weighted by Gasteiger charge is -2.13. The second kappa shape index (κ2) is 8.87. The van der Waals surface area contributed by atoms with E-state index in [0.29, 0.717) is 35.4 Å². The Morgan fingerprint density at radius 3 is 2.34 bits per heavy atom. The van der Waals surface area contributed by atoms with Gasteiger partial charge in [0.25, 0.3) is 0 Å². The molecule has 0 fully saturated rings. The Morgan fingerprint density at radius 1 is 0.966 bits per heavy atom. The molecule has 0 saturated carbocycles. The minimum absolute atomic E-state index is 0.407. The molecule has 0 saturated heterocycles. The van der Waals surface area contributed by atoms with Crippen molar-refractivity contribution in [3.8, 4) is 11.4 Å². The van der Waals surface area contributed by atoms with Gasteiger partial charge in [-0.3, -0.25) is 4.98 Å². The van der Waals surface area contributed by atoms with Crippen LogP contribution in [-0.2, 0) is 6.18 Å². The minimum atomic E-state index is -4.37. The van der Waals surface area contributed by atoms with Crippen molar-refractivity contribution in [2.24, 2.45) is 0 Å². The van der Waals surface area contributed by atoms with E-state index in [1.807, 2.05) is 37.2 Å². The highest BCUT2D eigenvalue weighted by atomic mass is 19.4. The number of anilines is 3. The maximum atomic E-state index is 12.8. The Labute approximate surface area is 166 Å². The molecule has 2 heterocycles. The lowest BCUT2D eigenvalue weighted by atomic mass is 10.2. The maximum Gasteiger partial charge on any atom is 0.416 e. The molecule has 3 rings (SSSR count). The Balaban J connectivity index is 1.86. The molecule has 0 unspecified atom stereocenters. The van der Waals surface area contributed by atoms with Gasteiger partial charge in [-0.05, 0) is 50.5 Å². The number of alkyl halides is 3. The number of rotatable bonds is 7. The Morgan fingerprint density at radius 2 is 1.72 bits per heavy atom. The topological polar surface area (TPSA) is 66.0 Å². The third-order valence-electron chi connectivity index (χ3n) is 3.98. The van der Waals surface area contributed by atoms with Gasteiger partial charge in [-0.2, -0.15) is 18.2 Å². The van der Waals surface area contributed by atoms with Gasteiger partial charge < -0.3 is 15.5 Å². The number of benzene rings is 1. The maximum absolute atomic E-state index is 12.8. The standard InChI is InChI=1S/C20H21F3N6/c1-29(2)12-11-25-19-27-17(16-5-3-4-10-24-16)13-18(28-19)26-15-8-6-14(7-9-15)20(21,22)23/h3-10,13H,11-12H2,1-2H3,(H2,25,26,27,28). The monoisotopic (exact) mass is 402 g/mol. The zero-order chi connectivity index (χ0) is 20.9. The van der Waals surface area contributed by atoms with Gasteiger partial charge in [-0.25, -0.2) is 4.98 Å². The van der Waals surface area contributed by atoms with Crippen molar-refractivity contribution in [2.45, 2.75) is 6.18 Å². The van der Waals surface area contributed by atoms with Crippen molar-refractivity contribution in [3.05, 3.63) is 60.3 Å². The molecule has 0 radical (unpaired) electrons. The molecule has 0 aliphatic rings. The van der Waals surface area contributed by atoms with Crippen LogP contribution in [0.4, 0.5) is 30.6 Å². The Bertz CT molecular complexity index is 927. The van der Waals surface area contributed by atoms with E-state index in [2.05, 4.69) is 25.6 Å². The van der Waals surface area contributed by atoms with Crippen LogP contribution in [0.1, 0.15) is 5.56 Å². The van der Waals surface area contributed by atoms with Crippen LogP contribution in [0.25, 0.3) is 11.4 Å². The first-order valence-electron chi connectivity index (χ1n) is 8.94. The van der Waals surface area contributed by atoms with Crippen LogP contribution in [-0.4, -0.2) is 47.0 Å². The van der Waals surface area contributed by atoms with Crippen LogP contribution in [0.15, 0.2) is 54.7 Å². The smallest absolute Gasteiger partial charge is 0.353 e. The fraction of sp³-hybridized carbons (Fsp3) is 0.250. The highest BCUT2D eigenvalue weighted by molar-refractivity contribution is 5.65. The fourth-order valence-corrected chi connectivity index (χ4v) is 2.52. The highest BCUT2D eigenvalue weighted by Gasteiger charge is 2.29. The molecular formula is C20H21F3N6. The number of hydrogen-bond acceptors (Lipinski definition) is 6. The summed E-state index contributed by atoms with van der Waals surface area (Å²) in [7, 11) is 3.93. The molecule has 29 heavy (non-hydrogen) atoms. The Kier molecular flexibility index (Phi) is 6.28. The molecule has 0 spiro atoms. The van der Waals surface area contributed by atoms with E-state index in [-0.39, 0.29) is 0 Å². The lowest BCUT2D eigenvalue weighted by molar-refractivity contribution is -0.137. The largest absolute Gasteiger partial charge is 0.416 e. The zero-order valence-corrected chi connectivity index (χ0v) is 16.0. The molecule has 0 bridgehead atoms. The van der Waals surface area contributed by atoms with Gasteiger partial charge in [0.2, 0.25) is 5.95 Å². The van der Waals surface area contributed by atoms with Crippen LogP contribution in [0, 0.1) is 0 Å². The molecule has 2 aromatic heterocycles. The van der Waals surface area contributed by atoms with Crippen molar-refractivity contribution in [1.82, 2.24) is 19.9 Å². The number of nitrogens with one attached hydrogen (secondary N) is 2. The van der Waals surface area contributed by atoms with Crippen LogP contribution in [0.5, 0.6) is 0 Å². The summed E-state index contributed by atoms with van der Waals surface area (Å²) >= 11 is 0. The first kappa shape index (κ1) is 20.5. The van der Waals surface area contributed by atoms with Crippen molar-refractivity contribution in [3.63, 3.8) is 0 Å². The molecule has 2 N–H and O–H groups in total. The molecule has 0 aliphatic heterocycles. The van der Waals surface area contributed by atoms with E-state index in [9.17, 15) is 13.2 Å². The summed E-state index contributed by atoms with van der Waals surface area (Å²) in [4.78, 5) is 15.2. The van der Waals surface area contributed by atoms with Gasteiger partial charge >= 0.3 is 6.18 Å². The number of hydrogen-bond donors (Lipinski definition) is 2. The van der Waals surface area contributed by atoms with Gasteiger partial charge in [0.15, 0.2) is 0 Å². The average Bonchev–Trinajstić information content (AvgIpc) is 2.68. The first-order valence-corrected chi connectivity index (χ1v) is 8.94. The molecule has 9 heteroatoms. The molecule has 152 valence electrons. The van der Waals surface area contributed by atoms with Crippen LogP contribution < -0.4 is 10.6 Å². The minimum Gasteiger partial charge on any atom is -0.353 e. The Hall–Kier alpha value is -3.20. The van der Waals surface area contributed by atoms with Gasteiger partial charge in [0.05, 0.1) is 17.0 Å². The molecule has 0 atom stereocenters. The fourth-order valence-electron chi connectivity index (χ4n) is 2.52. The van der Waals surface area contributed by atoms with E-state index >= 15 is 0 Å². The normalized spacial score (nSPS) is 11.5. The van der Waals surface area contributed by atoms with Crippen LogP contribution in [0.3, 0.4) is 0 Å². The summed E-state index contributed by atoms with van der Waals surface area (Å²) in [6, 6.07) is 12.0. The molecule has 0 amide bonds. The lowest BCUT2D eigenvalue weighted by Crippen LogP contribution is -2.21. The van der Waals surface area contributed by atoms with Gasteiger partial charge in [0.1, 0.15) is 5.82 Å². The predicted molar refractivity (Wildman–Crippen MR) is 107 cm³/mol. The first-order chi connectivity index (χ1) is 13.8. The van der Waals surface area contributed by atoms with Crippen LogP contribution in [0.2, 0.25) is 0 Å². The predicted octanol–water partition coefficient (Wildman–Crippen LogP) is 4.27. The van der Waals surface area contributed by atoms with Crippen molar-refractivity contribution in [1.29, 1.82) is 0 Å². The highest BCUT2D eigenvalue weighted by Crippen LogP contribution is 2.30. The van der Waals surface area contributed by atoms with Crippen molar-refractivity contribution in [2.75, 3.05) is 37.8 Å². The van der Waals surface area contributed by atoms with E-state index in [4.69, 9.17) is 0 Å². The van der Waals surface area contributed by atoms with E-state index in [1.54, 1.807) is 12.3 Å². The molecular weight excluding hydrogens is 381 g/mol. The summed E-state index contributed by atoms with van der Waals surface area (Å²) in [5.74, 6) is 0.858. The van der Waals surface area contributed by atoms with Crippen molar-refractivity contribution >= 4 is 17.5 Å². The van der Waals surface area contributed by atoms with E-state index < -0.39 is 11.7 Å². The van der Waals surface area contributed by atoms with E-state index in [1.165, 1.54) is 12.1 Å². The number of aromatic nitrogens is 3. The van der Waals surface area contributed by atoms with Crippen molar-refractivity contribution < 1.29 is 13.2 Å². The van der Waals surface area contributed by atoms with Gasteiger partial charge in [0, 0.05) is 31.0 Å². The third kappa shape index (κ3) is 5.89. The molecule has 0 aliphatic carbocycles. The van der Waals surface area contributed by atoms with Gasteiger partial charge in [-0.1, -0.05) is 6.07 Å². The number of likely N-dealkylation sites (N-methyl/N-ethyl adjacent to an activating group) is 1. The number of halogens is 3. The SMILES string of the molecule is CN(C)CCNc1nc(Nc2ccc(C(F)(F)F)cc2)cc(-c2ccccn2)n1. The molecule has 6 nitrogen and oxygen atoms in total. The number of nitrogens with zero attached hydrogens (tertiary/aromatic N) is 4. The molecule has 3 aromatic rings. The second-order valence-electron chi connectivity index (χ2n) is 6.61. The zero-order valence-electron chi connectivity index (χ0n) is 16.0. The number of pyridine rings is 1. The summed E-state index contributed by atoms with van der Waals surface area (Å²) in [5, 5.41) is 6.20. The average molecular weight is 402 g/mol. The summed E-state index contributed by atoms with van der Waals surface area (Å²) in [6.07, 6.45) is -2.71. The summed E-state index contributed by atoms with van der Waals surface area (Å²) < 4.78 is 38.3. The summed E-state index contributed by atoms with van der Waals surface area (Å²) in [5.41, 5.74) is 1.05. The third-order valence-corrected chi connectivity index (χ3v) is 3.98. The van der Waals surface area contributed by atoms with Crippen LogP contribution >= 0.6 is 0 Å². The quantitative estimate of drug-likeness (QED) is 0.615. The van der Waals surface area contributed by atoms with E-state index in [0.717, 1.165) is 18.7 Å².